The molecule has 0 radical (unpaired) electrons. The van der Waals surface area contributed by atoms with Crippen LogP contribution in [0.15, 0.2) is 0 Å². The Bertz CT molecular complexity index is 165. The normalized spacial score (nSPS) is 24.6. The van der Waals surface area contributed by atoms with E-state index >= 15 is 0 Å². The van der Waals surface area contributed by atoms with Crippen molar-refractivity contribution in [2.45, 2.75) is 10.3 Å². The summed E-state index contributed by atoms with van der Waals surface area (Å²) in [5.74, 6) is 0. The van der Waals surface area contributed by atoms with Gasteiger partial charge in [0.2, 0.25) is 6.29 Å². The molecule has 1 saturated heterocycles. The van der Waals surface area contributed by atoms with E-state index in [1.807, 2.05) is 0 Å². The van der Waals surface area contributed by atoms with Crippen molar-refractivity contribution in [3.8, 4) is 0 Å². The van der Waals surface area contributed by atoms with Gasteiger partial charge in [-0.2, -0.15) is 0 Å². The smallest absolute Gasteiger partial charge is 0.428 e. The number of rotatable bonds is 1. The highest BCUT2D eigenvalue weighted by Gasteiger charge is 2.33. The molecule has 0 saturated carbocycles. The Kier molecular flexibility index (Phi) is 2.70. The monoisotopic (exact) mass is 220 g/mol. The summed E-state index contributed by atoms with van der Waals surface area (Å²) in [6, 6.07) is 0. The lowest BCUT2D eigenvalue weighted by molar-refractivity contribution is -0.0818. The van der Waals surface area contributed by atoms with Crippen molar-refractivity contribution in [2.75, 3.05) is 6.61 Å². The fraction of sp³-hybridized carbons (Fsp3) is 0.750. The van der Waals surface area contributed by atoms with Gasteiger partial charge in [-0.15, -0.1) is 0 Å². The number of carbonyl (C=O) groups excluding carboxylic acids is 1. The number of cyclic esters (lactones) is 2. The minimum Gasteiger partial charge on any atom is -0.428 e. The standard InChI is InChI=1S/C4H3Cl3O4/c5-4(6,7)11-2-1-9-3(8)10-2/h2H,1H2/t2-/m1/s1. The summed E-state index contributed by atoms with van der Waals surface area (Å²) in [7, 11) is 0. The Labute approximate surface area is 77.2 Å². The maximum Gasteiger partial charge on any atom is 0.510 e. The lowest BCUT2D eigenvalue weighted by atomic mass is 10.7. The molecule has 1 atom stereocenters. The van der Waals surface area contributed by atoms with Gasteiger partial charge in [-0.05, 0) is 0 Å². The van der Waals surface area contributed by atoms with Crippen LogP contribution in [0.4, 0.5) is 4.79 Å². The van der Waals surface area contributed by atoms with E-state index in [9.17, 15) is 4.79 Å². The molecule has 0 amide bonds. The summed E-state index contributed by atoms with van der Waals surface area (Å²) in [6.45, 7) is -0.0628. The highest BCUT2D eigenvalue weighted by Crippen LogP contribution is 2.30. The van der Waals surface area contributed by atoms with Crippen molar-refractivity contribution < 1.29 is 19.0 Å². The van der Waals surface area contributed by atoms with Crippen LogP contribution in [0.3, 0.4) is 0 Å². The lowest BCUT2D eigenvalue weighted by Crippen LogP contribution is -2.22. The Morgan fingerprint density at radius 2 is 2.18 bits per heavy atom. The fourth-order valence-corrected chi connectivity index (χ4v) is 0.817. The molecule has 0 aromatic carbocycles. The maximum absolute atomic E-state index is 10.3. The molecule has 0 aliphatic carbocycles. The van der Waals surface area contributed by atoms with Crippen LogP contribution in [0, 0.1) is 0 Å². The van der Waals surface area contributed by atoms with Gasteiger partial charge in [-0.1, -0.05) is 34.8 Å². The van der Waals surface area contributed by atoms with Crippen LogP contribution >= 0.6 is 34.8 Å². The first-order chi connectivity index (χ1) is 4.97. The van der Waals surface area contributed by atoms with Crippen LogP contribution in [-0.4, -0.2) is 23.0 Å². The first kappa shape index (κ1) is 9.19. The summed E-state index contributed by atoms with van der Waals surface area (Å²) in [4.78, 5) is 10.3. The average Bonchev–Trinajstić information content (AvgIpc) is 2.10. The van der Waals surface area contributed by atoms with E-state index in [4.69, 9.17) is 34.8 Å². The molecule has 0 bridgehead atoms. The van der Waals surface area contributed by atoms with Crippen molar-refractivity contribution in [1.29, 1.82) is 0 Å². The van der Waals surface area contributed by atoms with Crippen molar-refractivity contribution in [1.82, 2.24) is 0 Å². The maximum atomic E-state index is 10.3. The fourth-order valence-electron chi connectivity index (χ4n) is 0.519. The third kappa shape index (κ3) is 3.33. The summed E-state index contributed by atoms with van der Waals surface area (Å²) >= 11 is 15.7. The van der Waals surface area contributed by atoms with Gasteiger partial charge in [-0.25, -0.2) is 4.79 Å². The number of carbonyl (C=O) groups is 1. The molecule has 0 unspecified atom stereocenters. The van der Waals surface area contributed by atoms with E-state index in [1.54, 1.807) is 0 Å². The van der Waals surface area contributed by atoms with Crippen LogP contribution in [-0.2, 0) is 14.2 Å². The van der Waals surface area contributed by atoms with Gasteiger partial charge in [-0.3, -0.25) is 4.74 Å². The molecular weight excluding hydrogens is 218 g/mol. The predicted molar refractivity (Wildman–Crippen MR) is 37.6 cm³/mol. The molecule has 0 spiro atoms. The number of hydrogen-bond acceptors (Lipinski definition) is 4. The predicted octanol–water partition coefficient (Wildman–Crippen LogP) is 1.82. The molecule has 11 heavy (non-hydrogen) atoms. The number of halogens is 3. The van der Waals surface area contributed by atoms with Gasteiger partial charge in [0.05, 0.1) is 0 Å². The molecule has 0 N–H and O–H groups in total. The highest BCUT2D eigenvalue weighted by atomic mass is 35.6. The first-order valence-corrected chi connectivity index (χ1v) is 3.69. The minimum absolute atomic E-state index is 0.0628. The summed E-state index contributed by atoms with van der Waals surface area (Å²) in [5, 5.41) is 0. The first-order valence-electron chi connectivity index (χ1n) is 2.55. The van der Waals surface area contributed by atoms with E-state index < -0.39 is 16.4 Å². The van der Waals surface area contributed by atoms with Crippen LogP contribution in [0.5, 0.6) is 0 Å². The molecule has 64 valence electrons. The van der Waals surface area contributed by atoms with E-state index in [2.05, 4.69) is 14.2 Å². The Balaban J connectivity index is 2.34. The molecule has 1 rings (SSSR count). The van der Waals surface area contributed by atoms with Crippen molar-refractivity contribution in [3.63, 3.8) is 0 Å². The molecular formula is C4H3Cl3O4. The Morgan fingerprint density at radius 1 is 1.55 bits per heavy atom. The molecule has 1 fully saturated rings. The van der Waals surface area contributed by atoms with E-state index in [-0.39, 0.29) is 6.61 Å². The van der Waals surface area contributed by atoms with E-state index in [0.29, 0.717) is 0 Å². The molecule has 0 aromatic rings. The van der Waals surface area contributed by atoms with Gasteiger partial charge in [0.25, 0.3) is 3.98 Å². The molecule has 0 aromatic heterocycles. The molecule has 4 nitrogen and oxygen atoms in total. The SMILES string of the molecule is O=C1OC[C@@H](OC(Cl)(Cl)Cl)O1. The van der Waals surface area contributed by atoms with Gasteiger partial charge < -0.3 is 9.47 Å². The van der Waals surface area contributed by atoms with E-state index in [0.717, 1.165) is 0 Å². The highest BCUT2D eigenvalue weighted by molar-refractivity contribution is 6.66. The average molecular weight is 221 g/mol. The largest absolute Gasteiger partial charge is 0.510 e. The second kappa shape index (κ2) is 3.23. The number of ether oxygens (including phenoxy) is 3. The van der Waals surface area contributed by atoms with Crippen molar-refractivity contribution in [3.05, 3.63) is 0 Å². The summed E-state index contributed by atoms with van der Waals surface area (Å²) in [6.07, 6.45) is -1.76. The van der Waals surface area contributed by atoms with Crippen LogP contribution < -0.4 is 0 Å². The number of alkyl halides is 3. The van der Waals surface area contributed by atoms with Crippen molar-refractivity contribution in [2.24, 2.45) is 0 Å². The second-order valence-electron chi connectivity index (χ2n) is 1.67. The molecule has 1 aliphatic heterocycles. The quantitative estimate of drug-likeness (QED) is 0.500. The third-order valence-corrected chi connectivity index (χ3v) is 1.10. The van der Waals surface area contributed by atoms with Crippen LogP contribution in [0.1, 0.15) is 0 Å². The van der Waals surface area contributed by atoms with Crippen molar-refractivity contribution >= 4 is 41.0 Å². The van der Waals surface area contributed by atoms with Gasteiger partial charge >= 0.3 is 6.16 Å². The zero-order valence-electron chi connectivity index (χ0n) is 5.05. The van der Waals surface area contributed by atoms with E-state index in [1.165, 1.54) is 0 Å². The van der Waals surface area contributed by atoms with Crippen LogP contribution in [0.25, 0.3) is 0 Å². The van der Waals surface area contributed by atoms with Gasteiger partial charge in [0.1, 0.15) is 0 Å². The zero-order valence-corrected chi connectivity index (χ0v) is 7.32. The summed E-state index contributed by atoms with van der Waals surface area (Å²) in [5.41, 5.74) is 0. The van der Waals surface area contributed by atoms with Gasteiger partial charge in [0.15, 0.2) is 6.61 Å². The molecule has 1 heterocycles. The lowest BCUT2D eigenvalue weighted by Gasteiger charge is -2.14. The zero-order chi connectivity index (χ0) is 8.48. The summed E-state index contributed by atoms with van der Waals surface area (Å²) < 4.78 is 11.5. The number of hydrogen-bond donors (Lipinski definition) is 0. The molecule has 7 heteroatoms. The minimum atomic E-state index is -1.89. The topological polar surface area (TPSA) is 44.8 Å². The Morgan fingerprint density at radius 3 is 2.55 bits per heavy atom. The molecule has 1 aliphatic rings. The van der Waals surface area contributed by atoms with Crippen LogP contribution in [0.2, 0.25) is 0 Å². The second-order valence-corrected chi connectivity index (χ2v) is 3.85. The third-order valence-electron chi connectivity index (χ3n) is 0.830. The van der Waals surface area contributed by atoms with Gasteiger partial charge in [0, 0.05) is 0 Å². The Hall–Kier alpha value is 0.1000.